The summed E-state index contributed by atoms with van der Waals surface area (Å²) in [5, 5.41) is 1.82. The fraction of sp³-hybridized carbons (Fsp3) is 0.154. The molecule has 6 heteroatoms. The van der Waals surface area contributed by atoms with Gasteiger partial charge in [0.2, 0.25) is 0 Å². The molecule has 0 bridgehead atoms. The zero-order chi connectivity index (χ0) is 14.0. The summed E-state index contributed by atoms with van der Waals surface area (Å²) >= 11 is 8.22. The minimum Gasteiger partial charge on any atom is -0.493 e. The largest absolute Gasteiger partial charge is 0.493 e. The zero-order valence-corrected chi connectivity index (χ0v) is 14.2. The normalized spacial score (nSPS) is 10.3. The van der Waals surface area contributed by atoms with Crippen molar-refractivity contribution in [3.63, 3.8) is 0 Å². The van der Waals surface area contributed by atoms with Crippen molar-refractivity contribution in [1.82, 2.24) is 0 Å². The molecule has 1 aromatic heterocycles. The van der Waals surface area contributed by atoms with Crippen molar-refractivity contribution in [3.8, 4) is 11.5 Å². The van der Waals surface area contributed by atoms with Gasteiger partial charge in [-0.1, -0.05) is 0 Å². The van der Waals surface area contributed by atoms with Gasteiger partial charge in [0, 0.05) is 21.0 Å². The van der Waals surface area contributed by atoms with E-state index in [1.165, 1.54) is 11.3 Å². The van der Waals surface area contributed by atoms with E-state index < -0.39 is 0 Å². The highest BCUT2D eigenvalue weighted by Crippen LogP contribution is 2.35. The molecule has 100 valence electrons. The molecule has 2 rings (SSSR count). The van der Waals surface area contributed by atoms with E-state index in [4.69, 9.17) is 9.47 Å². The summed E-state index contributed by atoms with van der Waals surface area (Å²) in [6, 6.07) is 5.21. The third-order valence-corrected chi connectivity index (χ3v) is 4.71. The summed E-state index contributed by atoms with van der Waals surface area (Å²) in [5.41, 5.74) is 1.19. The number of hydrogen-bond acceptors (Lipinski definition) is 4. The van der Waals surface area contributed by atoms with E-state index in [9.17, 15) is 4.79 Å². The zero-order valence-electron chi connectivity index (χ0n) is 10.2. The Morgan fingerprint density at radius 2 is 1.74 bits per heavy atom. The molecule has 0 aliphatic rings. The van der Waals surface area contributed by atoms with E-state index in [0.29, 0.717) is 27.1 Å². The predicted octanol–water partition coefficient (Wildman–Crippen LogP) is 4.52. The number of hydrogen-bond donors (Lipinski definition) is 0. The minimum absolute atomic E-state index is 0.0604. The van der Waals surface area contributed by atoms with Crippen LogP contribution in [0.4, 0.5) is 0 Å². The van der Waals surface area contributed by atoms with Crippen LogP contribution >= 0.6 is 43.2 Å². The van der Waals surface area contributed by atoms with Crippen LogP contribution in [0, 0.1) is 0 Å². The Kier molecular flexibility index (Phi) is 4.65. The molecular weight excluding hydrogens is 396 g/mol. The van der Waals surface area contributed by atoms with E-state index in [1.807, 2.05) is 5.38 Å². The van der Waals surface area contributed by atoms with Crippen LogP contribution in [0.2, 0.25) is 0 Å². The number of carbonyl (C=O) groups excluding carboxylic acids is 1. The highest BCUT2D eigenvalue weighted by Gasteiger charge is 2.17. The molecule has 0 spiro atoms. The van der Waals surface area contributed by atoms with Crippen LogP contribution in [-0.4, -0.2) is 20.0 Å². The van der Waals surface area contributed by atoms with Gasteiger partial charge in [0.15, 0.2) is 17.3 Å². The van der Waals surface area contributed by atoms with Crippen molar-refractivity contribution < 1.29 is 14.3 Å². The number of carbonyl (C=O) groups is 1. The lowest BCUT2D eigenvalue weighted by atomic mass is 10.1. The van der Waals surface area contributed by atoms with Crippen LogP contribution in [0.3, 0.4) is 0 Å². The van der Waals surface area contributed by atoms with Gasteiger partial charge < -0.3 is 9.47 Å². The van der Waals surface area contributed by atoms with Gasteiger partial charge in [-0.2, -0.15) is 0 Å². The molecule has 3 nitrogen and oxygen atoms in total. The van der Waals surface area contributed by atoms with Crippen LogP contribution in [0.15, 0.2) is 31.8 Å². The molecule has 0 radical (unpaired) electrons. The van der Waals surface area contributed by atoms with E-state index in [0.717, 1.165) is 3.79 Å². The summed E-state index contributed by atoms with van der Waals surface area (Å²) in [7, 11) is 3.10. The highest BCUT2D eigenvalue weighted by molar-refractivity contribution is 9.11. The number of benzene rings is 1. The van der Waals surface area contributed by atoms with E-state index in [-0.39, 0.29) is 5.78 Å². The first-order chi connectivity index (χ1) is 9.06. The second-order valence-electron chi connectivity index (χ2n) is 3.66. The fourth-order valence-electron chi connectivity index (χ4n) is 1.61. The maximum absolute atomic E-state index is 12.4. The van der Waals surface area contributed by atoms with Crippen LogP contribution in [0.1, 0.15) is 15.9 Å². The van der Waals surface area contributed by atoms with Crippen molar-refractivity contribution in [2.45, 2.75) is 0 Å². The molecule has 0 fully saturated rings. The van der Waals surface area contributed by atoms with Crippen LogP contribution in [-0.2, 0) is 0 Å². The number of ether oxygens (including phenoxy) is 2. The Morgan fingerprint density at radius 3 is 2.26 bits per heavy atom. The standard InChI is InChI=1S/C13H10Br2O3S/c1-17-10-4-8(9(14)5-11(10)18-2)13(16)7-3-12(15)19-6-7/h3-6H,1-2H3. The molecule has 2 aromatic rings. The van der Waals surface area contributed by atoms with E-state index in [1.54, 1.807) is 32.4 Å². The third-order valence-electron chi connectivity index (χ3n) is 2.55. The Balaban J connectivity index is 2.47. The molecule has 0 amide bonds. The second-order valence-corrected chi connectivity index (χ2v) is 6.80. The number of thiophene rings is 1. The first kappa shape index (κ1) is 14.6. The SMILES string of the molecule is COc1cc(Br)c(C(=O)c2csc(Br)c2)cc1OC. The minimum atomic E-state index is -0.0604. The summed E-state index contributed by atoms with van der Waals surface area (Å²) in [6.45, 7) is 0. The topological polar surface area (TPSA) is 35.5 Å². The molecule has 1 heterocycles. The van der Waals surface area contributed by atoms with Crippen LogP contribution in [0.5, 0.6) is 11.5 Å². The molecule has 19 heavy (non-hydrogen) atoms. The lowest BCUT2D eigenvalue weighted by molar-refractivity contribution is 0.103. The fourth-order valence-corrected chi connectivity index (χ4v) is 3.25. The van der Waals surface area contributed by atoms with Gasteiger partial charge in [0.05, 0.1) is 18.0 Å². The second kappa shape index (κ2) is 6.07. The maximum Gasteiger partial charge on any atom is 0.195 e. The molecule has 0 N–H and O–H groups in total. The molecular formula is C13H10Br2O3S. The van der Waals surface area contributed by atoms with Gasteiger partial charge in [0.1, 0.15) is 0 Å². The number of rotatable bonds is 4. The van der Waals surface area contributed by atoms with Crippen molar-refractivity contribution >= 4 is 49.0 Å². The molecule has 0 saturated heterocycles. The average molecular weight is 406 g/mol. The summed E-state index contributed by atoms with van der Waals surface area (Å²) in [6.07, 6.45) is 0. The number of methoxy groups -OCH3 is 2. The van der Waals surface area contributed by atoms with E-state index in [2.05, 4.69) is 31.9 Å². The predicted molar refractivity (Wildman–Crippen MR) is 82.7 cm³/mol. The monoisotopic (exact) mass is 404 g/mol. The lowest BCUT2D eigenvalue weighted by Crippen LogP contribution is -2.02. The van der Waals surface area contributed by atoms with Gasteiger partial charge in [0.25, 0.3) is 0 Å². The maximum atomic E-state index is 12.4. The molecule has 0 aliphatic heterocycles. The quantitative estimate of drug-likeness (QED) is 0.701. The molecule has 0 unspecified atom stereocenters. The van der Waals surface area contributed by atoms with Crippen LogP contribution in [0.25, 0.3) is 0 Å². The van der Waals surface area contributed by atoms with Gasteiger partial charge in [-0.05, 0) is 50.1 Å². The molecule has 1 aromatic carbocycles. The smallest absolute Gasteiger partial charge is 0.195 e. The number of ketones is 1. The van der Waals surface area contributed by atoms with Crippen LogP contribution < -0.4 is 9.47 Å². The Morgan fingerprint density at radius 1 is 1.11 bits per heavy atom. The number of halogens is 2. The van der Waals surface area contributed by atoms with Gasteiger partial charge in [-0.15, -0.1) is 11.3 Å². The first-order valence-corrected chi connectivity index (χ1v) is 7.73. The lowest BCUT2D eigenvalue weighted by Gasteiger charge is -2.10. The van der Waals surface area contributed by atoms with Gasteiger partial charge in [-0.25, -0.2) is 0 Å². The summed E-state index contributed by atoms with van der Waals surface area (Å²) < 4.78 is 12.0. The highest BCUT2D eigenvalue weighted by atomic mass is 79.9. The Bertz CT molecular complexity index is 622. The van der Waals surface area contributed by atoms with Crippen molar-refractivity contribution in [2.24, 2.45) is 0 Å². The van der Waals surface area contributed by atoms with Gasteiger partial charge in [-0.3, -0.25) is 4.79 Å². The Hall–Kier alpha value is -0.850. The Labute approximate surface area is 131 Å². The summed E-state index contributed by atoms with van der Waals surface area (Å²) in [5.74, 6) is 1.05. The molecule has 0 aliphatic carbocycles. The summed E-state index contributed by atoms with van der Waals surface area (Å²) in [4.78, 5) is 12.4. The molecule has 0 saturated carbocycles. The molecule has 0 atom stereocenters. The van der Waals surface area contributed by atoms with Crippen molar-refractivity contribution in [3.05, 3.63) is 43.0 Å². The van der Waals surface area contributed by atoms with Crippen molar-refractivity contribution in [1.29, 1.82) is 0 Å². The average Bonchev–Trinajstić information content (AvgIpc) is 2.84. The van der Waals surface area contributed by atoms with E-state index >= 15 is 0 Å². The van der Waals surface area contributed by atoms with Crippen molar-refractivity contribution in [2.75, 3.05) is 14.2 Å². The van der Waals surface area contributed by atoms with Gasteiger partial charge >= 0.3 is 0 Å². The first-order valence-electron chi connectivity index (χ1n) is 5.27. The third kappa shape index (κ3) is 3.01.